The van der Waals surface area contributed by atoms with E-state index in [-0.39, 0.29) is 36.1 Å². The van der Waals surface area contributed by atoms with Crippen LogP contribution in [0.15, 0.2) is 42.5 Å². The number of halogens is 1. The first-order valence-electron chi connectivity index (χ1n) is 9.98. The van der Waals surface area contributed by atoms with Crippen LogP contribution in [0, 0.1) is 11.2 Å². The Hall–Kier alpha value is -2.65. The van der Waals surface area contributed by atoms with Crippen LogP contribution >= 0.6 is 0 Å². The number of hydrogen-bond acceptors (Lipinski definition) is 6. The fourth-order valence-corrected chi connectivity index (χ4v) is 6.90. The Morgan fingerprint density at radius 1 is 1.23 bits per heavy atom. The van der Waals surface area contributed by atoms with E-state index in [1.165, 1.54) is 18.2 Å². The molecule has 4 rings (SSSR count). The van der Waals surface area contributed by atoms with E-state index in [2.05, 4.69) is 5.32 Å². The van der Waals surface area contributed by atoms with E-state index >= 15 is 0 Å². The van der Waals surface area contributed by atoms with E-state index in [0.717, 1.165) is 11.3 Å². The van der Waals surface area contributed by atoms with Gasteiger partial charge >= 0.3 is 0 Å². The number of sulfone groups is 1. The predicted octanol–water partition coefficient (Wildman–Crippen LogP) is 2.74. The molecule has 0 bridgehead atoms. The summed E-state index contributed by atoms with van der Waals surface area (Å²) < 4.78 is 50.7. The molecule has 0 amide bonds. The summed E-state index contributed by atoms with van der Waals surface area (Å²) in [6.07, 6.45) is 0.132. The summed E-state index contributed by atoms with van der Waals surface area (Å²) in [6, 6.07) is 11.5. The van der Waals surface area contributed by atoms with Crippen LogP contribution in [0.4, 0.5) is 10.1 Å². The minimum absolute atomic E-state index is 0.118. The van der Waals surface area contributed by atoms with Gasteiger partial charge in [0, 0.05) is 24.1 Å². The third kappa shape index (κ3) is 3.65. The molecule has 2 aromatic carbocycles. The number of rotatable bonds is 5. The summed E-state index contributed by atoms with van der Waals surface area (Å²) in [4.78, 5) is 0. The zero-order chi connectivity index (χ0) is 22.4. The zero-order valence-electron chi connectivity index (χ0n) is 17.4. The van der Waals surface area contributed by atoms with Crippen LogP contribution in [0.5, 0.6) is 5.75 Å². The Balaban J connectivity index is 1.46. The quantitative estimate of drug-likeness (QED) is 0.607. The summed E-state index contributed by atoms with van der Waals surface area (Å²) in [5.74, 6) is -0.253. The SMILES string of the molecule is COc1ccc(COC2CC3(C2)C(=N)N[C@](C)(c2cc(N)ccc2F)CS3(=O)=O)cc1. The molecule has 1 heterocycles. The van der Waals surface area contributed by atoms with Gasteiger partial charge in [0.15, 0.2) is 9.84 Å². The van der Waals surface area contributed by atoms with Crippen molar-refractivity contribution in [3.05, 3.63) is 59.4 Å². The highest BCUT2D eigenvalue weighted by Crippen LogP contribution is 2.47. The van der Waals surface area contributed by atoms with Gasteiger partial charge in [0.25, 0.3) is 0 Å². The minimum atomic E-state index is -3.74. The normalized spacial score (nSPS) is 29.3. The van der Waals surface area contributed by atoms with Crippen molar-refractivity contribution >= 4 is 21.4 Å². The van der Waals surface area contributed by atoms with Crippen LogP contribution in [0.1, 0.15) is 30.9 Å². The Kier molecular flexibility index (Phi) is 5.21. The number of methoxy groups -OCH3 is 1. The molecule has 31 heavy (non-hydrogen) atoms. The molecule has 9 heteroatoms. The van der Waals surface area contributed by atoms with E-state index < -0.39 is 25.9 Å². The monoisotopic (exact) mass is 447 g/mol. The number of nitrogen functional groups attached to an aromatic ring is 1. The van der Waals surface area contributed by atoms with E-state index in [1.807, 2.05) is 24.3 Å². The van der Waals surface area contributed by atoms with Crippen LogP contribution in [-0.2, 0) is 26.7 Å². The molecule has 1 atom stereocenters. The lowest BCUT2D eigenvalue weighted by molar-refractivity contribution is -0.0188. The molecule has 1 aliphatic heterocycles. The molecule has 7 nitrogen and oxygen atoms in total. The van der Waals surface area contributed by atoms with Crippen molar-refractivity contribution < 1.29 is 22.3 Å². The maximum absolute atomic E-state index is 14.4. The molecule has 2 aliphatic rings. The number of nitrogens with one attached hydrogen (secondary N) is 2. The number of amidine groups is 1. The molecule has 0 radical (unpaired) electrons. The lowest BCUT2D eigenvalue weighted by Crippen LogP contribution is -2.71. The van der Waals surface area contributed by atoms with E-state index in [9.17, 15) is 12.8 Å². The molecule has 2 fully saturated rings. The van der Waals surface area contributed by atoms with Gasteiger partial charge in [0.2, 0.25) is 0 Å². The van der Waals surface area contributed by atoms with Gasteiger partial charge in [-0.2, -0.15) is 0 Å². The van der Waals surface area contributed by atoms with Gasteiger partial charge in [-0.15, -0.1) is 0 Å². The molecule has 1 aliphatic carbocycles. The van der Waals surface area contributed by atoms with Crippen molar-refractivity contribution in [2.75, 3.05) is 18.6 Å². The molecule has 1 saturated heterocycles. The third-order valence-electron chi connectivity index (χ3n) is 6.27. The van der Waals surface area contributed by atoms with Crippen LogP contribution < -0.4 is 15.8 Å². The number of benzene rings is 2. The topological polar surface area (TPSA) is 114 Å². The lowest BCUT2D eigenvalue weighted by Gasteiger charge is -2.53. The smallest absolute Gasteiger partial charge is 0.166 e. The van der Waals surface area contributed by atoms with E-state index in [0.29, 0.717) is 12.3 Å². The highest BCUT2D eigenvalue weighted by Gasteiger charge is 2.63. The van der Waals surface area contributed by atoms with Gasteiger partial charge in [-0.1, -0.05) is 12.1 Å². The predicted molar refractivity (Wildman–Crippen MR) is 116 cm³/mol. The number of ether oxygens (including phenoxy) is 2. The highest BCUT2D eigenvalue weighted by atomic mass is 32.2. The first-order valence-corrected chi connectivity index (χ1v) is 11.6. The van der Waals surface area contributed by atoms with Crippen LogP contribution in [0.25, 0.3) is 0 Å². The second kappa shape index (κ2) is 7.49. The molecule has 2 aromatic rings. The van der Waals surface area contributed by atoms with Crippen LogP contribution in [-0.4, -0.2) is 38.0 Å². The summed E-state index contributed by atoms with van der Waals surface area (Å²) in [5, 5.41) is 11.5. The maximum atomic E-state index is 14.4. The van der Waals surface area contributed by atoms with Crippen molar-refractivity contribution in [1.82, 2.24) is 5.32 Å². The summed E-state index contributed by atoms with van der Waals surface area (Å²) in [6.45, 7) is 1.93. The molecule has 166 valence electrons. The third-order valence-corrected chi connectivity index (χ3v) is 8.96. The molecular formula is C22H26FN3O4S. The van der Waals surface area contributed by atoms with Crippen molar-refractivity contribution in [2.45, 2.75) is 42.8 Å². The largest absolute Gasteiger partial charge is 0.497 e. The van der Waals surface area contributed by atoms with Gasteiger partial charge in [-0.3, -0.25) is 5.41 Å². The second-order valence-corrected chi connectivity index (χ2v) is 10.8. The minimum Gasteiger partial charge on any atom is -0.497 e. The maximum Gasteiger partial charge on any atom is 0.166 e. The van der Waals surface area contributed by atoms with Gasteiger partial charge in [0.05, 0.1) is 31.1 Å². The fourth-order valence-electron chi connectivity index (χ4n) is 4.40. The van der Waals surface area contributed by atoms with Crippen molar-refractivity contribution in [1.29, 1.82) is 5.41 Å². The molecular weight excluding hydrogens is 421 g/mol. The Morgan fingerprint density at radius 3 is 2.52 bits per heavy atom. The summed E-state index contributed by atoms with van der Waals surface area (Å²) in [5.41, 5.74) is 5.94. The lowest BCUT2D eigenvalue weighted by atomic mass is 9.78. The van der Waals surface area contributed by atoms with Gasteiger partial charge in [-0.25, -0.2) is 12.8 Å². The number of anilines is 1. The van der Waals surface area contributed by atoms with Crippen LogP contribution in [0.2, 0.25) is 0 Å². The first kappa shape index (κ1) is 21.6. The molecule has 4 N–H and O–H groups in total. The Morgan fingerprint density at radius 2 is 1.90 bits per heavy atom. The van der Waals surface area contributed by atoms with Gasteiger partial charge in [0.1, 0.15) is 22.1 Å². The van der Waals surface area contributed by atoms with Crippen molar-refractivity contribution in [2.24, 2.45) is 0 Å². The highest BCUT2D eigenvalue weighted by molar-refractivity contribution is 7.93. The standard InChI is InChI=1S/C22H26FN3O4S/c1-21(18-9-15(24)5-8-19(18)23)13-31(27,28)22(20(25)26-21)10-17(11-22)30-12-14-3-6-16(29-2)7-4-14/h3-9,17H,10-13,24H2,1-2H3,(H2,25,26)/t17?,21-,22?/m0/s1. The van der Waals surface area contributed by atoms with Crippen LogP contribution in [0.3, 0.4) is 0 Å². The average Bonchev–Trinajstić information content (AvgIpc) is 2.67. The van der Waals surface area contributed by atoms with Gasteiger partial charge in [-0.05, 0) is 42.8 Å². The van der Waals surface area contributed by atoms with Crippen molar-refractivity contribution in [3.63, 3.8) is 0 Å². The number of hydrogen-bond donors (Lipinski definition) is 3. The van der Waals surface area contributed by atoms with Gasteiger partial charge < -0.3 is 20.5 Å². The van der Waals surface area contributed by atoms with Crippen molar-refractivity contribution in [3.8, 4) is 5.75 Å². The first-order chi connectivity index (χ1) is 14.6. The zero-order valence-corrected chi connectivity index (χ0v) is 18.3. The van der Waals surface area contributed by atoms with E-state index in [1.54, 1.807) is 14.0 Å². The molecule has 0 unspecified atom stereocenters. The molecule has 1 saturated carbocycles. The van der Waals surface area contributed by atoms with E-state index in [4.69, 9.17) is 20.6 Å². The second-order valence-electron chi connectivity index (χ2n) is 8.51. The number of nitrogens with two attached hydrogens (primary N) is 1. The molecule has 0 aromatic heterocycles. The Labute approximate surface area is 181 Å². The fraction of sp³-hybridized carbons (Fsp3) is 0.409. The summed E-state index contributed by atoms with van der Waals surface area (Å²) in [7, 11) is -2.14. The Bertz CT molecular complexity index is 1110. The summed E-state index contributed by atoms with van der Waals surface area (Å²) >= 11 is 0. The average molecular weight is 448 g/mol. The molecule has 1 spiro atoms.